The summed E-state index contributed by atoms with van der Waals surface area (Å²) in [5.41, 5.74) is 1.50. The molecule has 5 heteroatoms. The van der Waals surface area contributed by atoms with Gasteiger partial charge in [0.1, 0.15) is 5.41 Å². The van der Waals surface area contributed by atoms with Gasteiger partial charge in [0.15, 0.2) is 0 Å². The molecular weight excluding hydrogens is 362 g/mol. The molecule has 1 saturated heterocycles. The molecule has 0 radical (unpaired) electrons. The van der Waals surface area contributed by atoms with Crippen LogP contribution in [-0.4, -0.2) is 47.8 Å². The first-order valence-electron chi connectivity index (χ1n) is 10.5. The van der Waals surface area contributed by atoms with Crippen molar-refractivity contribution in [3.05, 3.63) is 71.8 Å². The largest absolute Gasteiger partial charge is 0.349 e. The third-order valence-electron chi connectivity index (χ3n) is 6.15. The first kappa shape index (κ1) is 19.6. The number of nitrogens with zero attached hydrogens (tertiary/aromatic N) is 2. The molecule has 1 unspecified atom stereocenters. The van der Waals surface area contributed by atoms with E-state index in [9.17, 15) is 9.59 Å². The van der Waals surface area contributed by atoms with Gasteiger partial charge < -0.3 is 10.2 Å². The van der Waals surface area contributed by atoms with Gasteiger partial charge in [-0.3, -0.25) is 14.5 Å². The van der Waals surface area contributed by atoms with E-state index in [-0.39, 0.29) is 17.9 Å². The normalized spacial score (nSPS) is 19.4. The zero-order valence-corrected chi connectivity index (χ0v) is 17.0. The molecule has 1 aliphatic heterocycles. The minimum Gasteiger partial charge on any atom is -0.349 e. The Labute approximate surface area is 172 Å². The molecular formula is C24H29N3O2. The topological polar surface area (TPSA) is 52.7 Å². The van der Waals surface area contributed by atoms with Crippen LogP contribution >= 0.6 is 0 Å². The maximum absolute atomic E-state index is 13.2. The maximum Gasteiger partial charge on any atom is 0.238 e. The highest BCUT2D eigenvalue weighted by atomic mass is 16.2. The van der Waals surface area contributed by atoms with E-state index in [2.05, 4.69) is 34.5 Å². The summed E-state index contributed by atoms with van der Waals surface area (Å²) in [5, 5.41) is 3.06. The van der Waals surface area contributed by atoms with Crippen LogP contribution in [0.5, 0.6) is 0 Å². The Bertz CT molecular complexity index is 841. The van der Waals surface area contributed by atoms with Crippen molar-refractivity contribution >= 4 is 11.8 Å². The predicted molar refractivity (Wildman–Crippen MR) is 113 cm³/mol. The van der Waals surface area contributed by atoms with Crippen molar-refractivity contribution in [1.29, 1.82) is 0 Å². The number of benzene rings is 2. The quantitative estimate of drug-likeness (QED) is 0.771. The molecule has 0 aromatic heterocycles. The Kier molecular flexibility index (Phi) is 5.67. The highest BCUT2D eigenvalue weighted by Crippen LogP contribution is 2.48. The predicted octanol–water partition coefficient (Wildman–Crippen LogP) is 2.99. The molecule has 29 heavy (non-hydrogen) atoms. The SMILES string of the molecule is CC(NC(=O)C1(C(=O)N2CCN(Cc3ccccc3)CC2)CC1)c1ccccc1. The summed E-state index contributed by atoms with van der Waals surface area (Å²) < 4.78 is 0. The number of hydrogen-bond acceptors (Lipinski definition) is 3. The van der Waals surface area contributed by atoms with Gasteiger partial charge in [0, 0.05) is 32.7 Å². The molecule has 2 aromatic rings. The molecule has 1 atom stereocenters. The van der Waals surface area contributed by atoms with Gasteiger partial charge in [0.2, 0.25) is 11.8 Å². The minimum atomic E-state index is -0.843. The number of amides is 2. The first-order chi connectivity index (χ1) is 14.1. The lowest BCUT2D eigenvalue weighted by Crippen LogP contribution is -2.53. The standard InChI is InChI=1S/C24H29N3O2/c1-19(21-10-6-3-7-11-21)25-22(28)24(12-13-24)23(29)27-16-14-26(15-17-27)18-20-8-4-2-5-9-20/h2-11,19H,12-18H2,1H3,(H,25,28). The maximum atomic E-state index is 13.2. The summed E-state index contributed by atoms with van der Waals surface area (Å²) in [5.74, 6) is -0.111. The van der Waals surface area contributed by atoms with Crippen LogP contribution in [0.3, 0.4) is 0 Å². The molecule has 1 heterocycles. The van der Waals surface area contributed by atoms with Crippen LogP contribution < -0.4 is 5.32 Å². The second kappa shape index (κ2) is 8.37. The molecule has 1 saturated carbocycles. The molecule has 2 aliphatic rings. The average molecular weight is 392 g/mol. The van der Waals surface area contributed by atoms with E-state index in [0.717, 1.165) is 25.2 Å². The van der Waals surface area contributed by atoms with Gasteiger partial charge in [0.05, 0.1) is 6.04 Å². The Morgan fingerprint density at radius 1 is 0.931 bits per heavy atom. The molecule has 0 spiro atoms. The minimum absolute atomic E-state index is 0.00891. The van der Waals surface area contributed by atoms with Crippen LogP contribution in [-0.2, 0) is 16.1 Å². The third kappa shape index (κ3) is 4.35. The van der Waals surface area contributed by atoms with Gasteiger partial charge >= 0.3 is 0 Å². The molecule has 4 rings (SSSR count). The summed E-state index contributed by atoms with van der Waals surface area (Å²) >= 11 is 0. The molecule has 5 nitrogen and oxygen atoms in total. The van der Waals surface area contributed by atoms with E-state index in [4.69, 9.17) is 0 Å². The fourth-order valence-electron chi connectivity index (χ4n) is 4.08. The van der Waals surface area contributed by atoms with Crippen molar-refractivity contribution in [2.24, 2.45) is 5.41 Å². The Balaban J connectivity index is 1.31. The number of hydrogen-bond donors (Lipinski definition) is 1. The Morgan fingerprint density at radius 2 is 1.52 bits per heavy atom. The highest BCUT2D eigenvalue weighted by Gasteiger charge is 2.58. The van der Waals surface area contributed by atoms with Crippen molar-refractivity contribution in [2.45, 2.75) is 32.4 Å². The van der Waals surface area contributed by atoms with Crippen molar-refractivity contribution < 1.29 is 9.59 Å². The van der Waals surface area contributed by atoms with Crippen molar-refractivity contribution in [3.8, 4) is 0 Å². The zero-order valence-electron chi connectivity index (χ0n) is 17.0. The summed E-state index contributed by atoms with van der Waals surface area (Å²) in [6.45, 7) is 5.95. The van der Waals surface area contributed by atoms with E-state index in [1.54, 1.807) is 0 Å². The van der Waals surface area contributed by atoms with Crippen LogP contribution in [0, 0.1) is 5.41 Å². The molecule has 1 aliphatic carbocycles. The van der Waals surface area contributed by atoms with Gasteiger partial charge in [0.25, 0.3) is 0 Å². The number of rotatable bonds is 6. The summed E-state index contributed by atoms with van der Waals surface area (Å²) in [6, 6.07) is 20.2. The lowest BCUT2D eigenvalue weighted by Gasteiger charge is -2.36. The van der Waals surface area contributed by atoms with Crippen LogP contribution in [0.25, 0.3) is 0 Å². The summed E-state index contributed by atoms with van der Waals surface area (Å²) in [7, 11) is 0. The second-order valence-electron chi connectivity index (χ2n) is 8.24. The molecule has 2 aromatic carbocycles. The van der Waals surface area contributed by atoms with Gasteiger partial charge in [-0.15, -0.1) is 0 Å². The van der Waals surface area contributed by atoms with Gasteiger partial charge in [-0.2, -0.15) is 0 Å². The van der Waals surface area contributed by atoms with Gasteiger partial charge in [-0.25, -0.2) is 0 Å². The highest BCUT2D eigenvalue weighted by molar-refractivity contribution is 6.08. The smallest absolute Gasteiger partial charge is 0.238 e. The van der Waals surface area contributed by atoms with Crippen molar-refractivity contribution in [1.82, 2.24) is 15.1 Å². The lowest BCUT2D eigenvalue weighted by atomic mass is 10.0. The zero-order chi connectivity index (χ0) is 20.3. The fraction of sp³-hybridized carbons (Fsp3) is 0.417. The second-order valence-corrected chi connectivity index (χ2v) is 8.24. The summed E-state index contributed by atoms with van der Waals surface area (Å²) in [4.78, 5) is 30.3. The Morgan fingerprint density at radius 3 is 2.10 bits per heavy atom. The number of carbonyl (C=O) groups is 2. The lowest BCUT2D eigenvalue weighted by molar-refractivity contribution is -0.145. The number of nitrogens with one attached hydrogen (secondary N) is 1. The third-order valence-corrected chi connectivity index (χ3v) is 6.15. The number of piperazine rings is 1. The van der Waals surface area contributed by atoms with Crippen molar-refractivity contribution in [3.63, 3.8) is 0 Å². The van der Waals surface area contributed by atoms with E-state index < -0.39 is 5.41 Å². The van der Waals surface area contributed by atoms with E-state index >= 15 is 0 Å². The first-order valence-corrected chi connectivity index (χ1v) is 10.5. The molecule has 152 valence electrons. The molecule has 2 amide bonds. The molecule has 2 fully saturated rings. The van der Waals surface area contributed by atoms with E-state index in [0.29, 0.717) is 25.9 Å². The average Bonchev–Trinajstić information content (AvgIpc) is 3.57. The van der Waals surface area contributed by atoms with Crippen molar-refractivity contribution in [2.75, 3.05) is 26.2 Å². The van der Waals surface area contributed by atoms with Crippen LogP contribution in [0.1, 0.15) is 36.9 Å². The fourth-order valence-corrected chi connectivity index (χ4v) is 4.08. The van der Waals surface area contributed by atoms with Crippen LogP contribution in [0.15, 0.2) is 60.7 Å². The van der Waals surface area contributed by atoms with Crippen LogP contribution in [0.4, 0.5) is 0 Å². The molecule has 0 bridgehead atoms. The molecule has 1 N–H and O–H groups in total. The van der Waals surface area contributed by atoms with Gasteiger partial charge in [-0.05, 0) is 30.9 Å². The van der Waals surface area contributed by atoms with E-state index in [1.807, 2.05) is 48.2 Å². The van der Waals surface area contributed by atoms with Gasteiger partial charge in [-0.1, -0.05) is 60.7 Å². The van der Waals surface area contributed by atoms with E-state index in [1.165, 1.54) is 5.56 Å². The number of carbonyl (C=O) groups excluding carboxylic acids is 2. The Hall–Kier alpha value is -2.66. The summed E-state index contributed by atoms with van der Waals surface area (Å²) in [6.07, 6.45) is 1.31. The monoisotopic (exact) mass is 391 g/mol. The van der Waals surface area contributed by atoms with Crippen LogP contribution in [0.2, 0.25) is 0 Å².